The largest absolute Gasteiger partial charge is 0.424 e. The average molecular weight is 229 g/mol. The molecule has 0 spiro atoms. The van der Waals surface area contributed by atoms with Gasteiger partial charge in [0.15, 0.2) is 5.58 Å². The Balaban J connectivity index is 1.65. The predicted molar refractivity (Wildman–Crippen MR) is 62.6 cm³/mol. The third-order valence-corrected chi connectivity index (χ3v) is 2.40. The Morgan fingerprint density at radius 2 is 2.24 bits per heavy atom. The number of hydrogen-bond donors (Lipinski definition) is 2. The number of benzene rings is 1. The minimum atomic E-state index is 0.533. The van der Waals surface area contributed by atoms with Crippen LogP contribution in [0.25, 0.3) is 11.1 Å². The standard InChI is InChI=1S/C11H11N5O/c1-2-4-9-8(3-1)15-11(17-9)12-6-5-10-13-7-14-16-10/h1-4,7H,5-6H2,(H,12,15)(H,13,14,16). The van der Waals surface area contributed by atoms with Gasteiger partial charge in [-0.05, 0) is 12.1 Å². The van der Waals surface area contributed by atoms with Crippen molar-refractivity contribution in [1.29, 1.82) is 0 Å². The van der Waals surface area contributed by atoms with E-state index in [1.165, 1.54) is 6.33 Å². The molecule has 0 saturated carbocycles. The monoisotopic (exact) mass is 229 g/mol. The van der Waals surface area contributed by atoms with Crippen LogP contribution in [0.15, 0.2) is 35.0 Å². The van der Waals surface area contributed by atoms with Gasteiger partial charge in [0, 0.05) is 13.0 Å². The molecule has 0 fully saturated rings. The van der Waals surface area contributed by atoms with Gasteiger partial charge in [0.25, 0.3) is 6.01 Å². The van der Waals surface area contributed by atoms with E-state index < -0.39 is 0 Å². The molecule has 2 heterocycles. The maximum Gasteiger partial charge on any atom is 0.295 e. The second kappa shape index (κ2) is 4.25. The van der Waals surface area contributed by atoms with Gasteiger partial charge >= 0.3 is 0 Å². The van der Waals surface area contributed by atoms with Crippen LogP contribution >= 0.6 is 0 Å². The number of fused-ring (bicyclic) bond motifs is 1. The molecule has 17 heavy (non-hydrogen) atoms. The summed E-state index contributed by atoms with van der Waals surface area (Å²) in [4.78, 5) is 8.34. The number of nitrogens with one attached hydrogen (secondary N) is 2. The first-order valence-corrected chi connectivity index (χ1v) is 5.35. The van der Waals surface area contributed by atoms with Gasteiger partial charge < -0.3 is 9.73 Å². The molecule has 6 nitrogen and oxygen atoms in total. The number of hydrogen-bond acceptors (Lipinski definition) is 5. The minimum Gasteiger partial charge on any atom is -0.424 e. The summed E-state index contributed by atoms with van der Waals surface area (Å²) >= 11 is 0. The molecule has 0 aliphatic heterocycles. The van der Waals surface area contributed by atoms with Gasteiger partial charge in [-0.25, -0.2) is 4.98 Å². The molecule has 0 radical (unpaired) electrons. The van der Waals surface area contributed by atoms with E-state index in [0.717, 1.165) is 23.3 Å². The number of aromatic amines is 1. The highest BCUT2D eigenvalue weighted by Gasteiger charge is 2.04. The normalized spacial score (nSPS) is 10.8. The first kappa shape index (κ1) is 9.83. The van der Waals surface area contributed by atoms with Gasteiger partial charge in [-0.15, -0.1) is 0 Å². The Morgan fingerprint density at radius 3 is 3.06 bits per heavy atom. The third kappa shape index (κ3) is 2.10. The van der Waals surface area contributed by atoms with Crippen molar-refractivity contribution in [3.8, 4) is 0 Å². The van der Waals surface area contributed by atoms with Crippen LogP contribution in [-0.2, 0) is 6.42 Å². The maximum absolute atomic E-state index is 5.52. The van der Waals surface area contributed by atoms with Gasteiger partial charge in [0.1, 0.15) is 17.7 Å². The van der Waals surface area contributed by atoms with E-state index in [1.54, 1.807) is 0 Å². The molecule has 0 saturated heterocycles. The molecule has 1 aromatic carbocycles. The molecule has 3 rings (SSSR count). The van der Waals surface area contributed by atoms with E-state index in [1.807, 2.05) is 24.3 Å². The quantitative estimate of drug-likeness (QED) is 0.710. The minimum absolute atomic E-state index is 0.533. The molecule has 0 bridgehead atoms. The molecular formula is C11H11N5O. The Hall–Kier alpha value is -2.37. The summed E-state index contributed by atoms with van der Waals surface area (Å²) in [6, 6.07) is 8.20. The SMILES string of the molecule is c1ccc2oc(NCCc3ncn[nH]3)nc2c1. The molecule has 86 valence electrons. The van der Waals surface area contributed by atoms with Crippen molar-refractivity contribution in [1.82, 2.24) is 20.2 Å². The zero-order valence-electron chi connectivity index (χ0n) is 9.05. The van der Waals surface area contributed by atoms with Crippen molar-refractivity contribution in [2.45, 2.75) is 6.42 Å². The van der Waals surface area contributed by atoms with Gasteiger partial charge in [-0.1, -0.05) is 12.1 Å². The molecule has 2 N–H and O–H groups in total. The molecule has 0 aliphatic carbocycles. The number of rotatable bonds is 4. The summed E-state index contributed by atoms with van der Waals surface area (Å²) in [5.74, 6) is 0.841. The molecule has 2 aromatic heterocycles. The highest BCUT2D eigenvalue weighted by Crippen LogP contribution is 2.17. The number of anilines is 1. The zero-order valence-corrected chi connectivity index (χ0v) is 9.05. The lowest BCUT2D eigenvalue weighted by Gasteiger charge is -1.97. The van der Waals surface area contributed by atoms with Gasteiger partial charge in [-0.3, -0.25) is 5.10 Å². The van der Waals surface area contributed by atoms with Crippen LogP contribution < -0.4 is 5.32 Å². The second-order valence-corrected chi connectivity index (χ2v) is 3.60. The van der Waals surface area contributed by atoms with E-state index in [4.69, 9.17) is 4.42 Å². The summed E-state index contributed by atoms with van der Waals surface area (Å²) < 4.78 is 5.52. The van der Waals surface area contributed by atoms with Crippen LogP contribution in [0.5, 0.6) is 0 Å². The van der Waals surface area contributed by atoms with Gasteiger partial charge in [0.2, 0.25) is 0 Å². The maximum atomic E-state index is 5.52. The first-order chi connectivity index (χ1) is 8.42. The van der Waals surface area contributed by atoms with Crippen LogP contribution in [0.3, 0.4) is 0 Å². The Labute approximate surface area is 97.1 Å². The van der Waals surface area contributed by atoms with E-state index >= 15 is 0 Å². The zero-order chi connectivity index (χ0) is 11.5. The smallest absolute Gasteiger partial charge is 0.295 e. The lowest BCUT2D eigenvalue weighted by molar-refractivity contribution is 0.614. The Bertz CT molecular complexity index is 568. The summed E-state index contributed by atoms with van der Waals surface area (Å²) in [5.41, 5.74) is 1.64. The van der Waals surface area contributed by atoms with Crippen LogP contribution in [0.4, 0.5) is 6.01 Å². The van der Waals surface area contributed by atoms with E-state index in [9.17, 15) is 0 Å². The summed E-state index contributed by atoms with van der Waals surface area (Å²) in [6.07, 6.45) is 2.24. The molecule has 0 unspecified atom stereocenters. The lowest BCUT2D eigenvalue weighted by Crippen LogP contribution is -2.06. The van der Waals surface area contributed by atoms with Crippen LogP contribution in [0.2, 0.25) is 0 Å². The van der Waals surface area contributed by atoms with E-state index in [-0.39, 0.29) is 0 Å². The number of para-hydroxylation sites is 2. The average Bonchev–Trinajstić information content (AvgIpc) is 2.96. The third-order valence-electron chi connectivity index (χ3n) is 2.40. The number of H-pyrrole nitrogens is 1. The van der Waals surface area contributed by atoms with Crippen molar-refractivity contribution in [2.24, 2.45) is 0 Å². The molecule has 0 amide bonds. The topological polar surface area (TPSA) is 79.6 Å². The van der Waals surface area contributed by atoms with Gasteiger partial charge in [0.05, 0.1) is 0 Å². The lowest BCUT2D eigenvalue weighted by atomic mass is 10.3. The van der Waals surface area contributed by atoms with Crippen molar-refractivity contribution in [2.75, 3.05) is 11.9 Å². The molecule has 3 aromatic rings. The van der Waals surface area contributed by atoms with Crippen molar-refractivity contribution < 1.29 is 4.42 Å². The van der Waals surface area contributed by atoms with Crippen molar-refractivity contribution in [3.05, 3.63) is 36.4 Å². The number of oxazole rings is 1. The first-order valence-electron chi connectivity index (χ1n) is 5.35. The van der Waals surface area contributed by atoms with Gasteiger partial charge in [-0.2, -0.15) is 10.1 Å². The fourth-order valence-electron chi connectivity index (χ4n) is 1.59. The number of aromatic nitrogens is 4. The highest BCUT2D eigenvalue weighted by molar-refractivity contribution is 5.74. The molecule has 6 heteroatoms. The summed E-state index contributed by atoms with van der Waals surface area (Å²) in [5, 5.41) is 9.68. The summed E-state index contributed by atoms with van der Waals surface area (Å²) in [7, 11) is 0. The Kier molecular flexibility index (Phi) is 2.45. The summed E-state index contributed by atoms with van der Waals surface area (Å²) in [6.45, 7) is 0.696. The number of nitrogens with zero attached hydrogens (tertiary/aromatic N) is 3. The van der Waals surface area contributed by atoms with Crippen molar-refractivity contribution >= 4 is 17.1 Å². The molecule has 0 aliphatic rings. The fraction of sp³-hybridized carbons (Fsp3) is 0.182. The molecular weight excluding hydrogens is 218 g/mol. The Morgan fingerprint density at radius 1 is 1.29 bits per heavy atom. The predicted octanol–water partition coefficient (Wildman–Crippen LogP) is 1.60. The second-order valence-electron chi connectivity index (χ2n) is 3.60. The van der Waals surface area contributed by atoms with E-state index in [2.05, 4.69) is 25.5 Å². The van der Waals surface area contributed by atoms with Crippen molar-refractivity contribution in [3.63, 3.8) is 0 Å². The fourth-order valence-corrected chi connectivity index (χ4v) is 1.59. The van der Waals surface area contributed by atoms with Crippen LogP contribution in [-0.4, -0.2) is 26.7 Å². The van der Waals surface area contributed by atoms with Crippen LogP contribution in [0.1, 0.15) is 5.82 Å². The molecule has 0 atom stereocenters. The van der Waals surface area contributed by atoms with Crippen LogP contribution in [0, 0.1) is 0 Å². The van der Waals surface area contributed by atoms with E-state index in [0.29, 0.717) is 12.6 Å². The highest BCUT2D eigenvalue weighted by atomic mass is 16.4.